The molecule has 2 aromatic carbocycles. The van der Waals surface area contributed by atoms with E-state index in [0.717, 1.165) is 40.7 Å². The van der Waals surface area contributed by atoms with Crippen molar-refractivity contribution in [3.05, 3.63) is 80.9 Å². The van der Waals surface area contributed by atoms with Crippen LogP contribution in [0.1, 0.15) is 54.9 Å². The molecule has 32 heavy (non-hydrogen) atoms. The van der Waals surface area contributed by atoms with E-state index < -0.39 is 6.04 Å². The monoisotopic (exact) mass is 428 g/mol. The molecule has 7 nitrogen and oxygen atoms in total. The summed E-state index contributed by atoms with van der Waals surface area (Å²) in [6.07, 6.45) is 0.924. The molecule has 1 atom stereocenters. The largest absolute Gasteiger partial charge is 0.357 e. The number of tetrazole rings is 1. The zero-order valence-corrected chi connectivity index (χ0v) is 19.2. The Bertz CT molecular complexity index is 1380. The van der Waals surface area contributed by atoms with Gasteiger partial charge < -0.3 is 9.88 Å². The van der Waals surface area contributed by atoms with Crippen LogP contribution in [0.15, 0.2) is 47.3 Å². The molecular formula is C25H28N6O. The van der Waals surface area contributed by atoms with E-state index in [-0.39, 0.29) is 11.1 Å². The molecule has 1 aliphatic heterocycles. The van der Waals surface area contributed by atoms with Crippen LogP contribution in [0, 0.1) is 13.8 Å². The summed E-state index contributed by atoms with van der Waals surface area (Å²) in [6, 6.07) is 14.2. The van der Waals surface area contributed by atoms with Crippen molar-refractivity contribution in [2.45, 2.75) is 52.6 Å². The van der Waals surface area contributed by atoms with Gasteiger partial charge in [0.25, 0.3) is 5.56 Å². The van der Waals surface area contributed by atoms with E-state index in [4.69, 9.17) is 0 Å². The normalized spacial score (nSPS) is 14.7. The van der Waals surface area contributed by atoms with Crippen LogP contribution in [0.5, 0.6) is 0 Å². The van der Waals surface area contributed by atoms with Crippen LogP contribution in [-0.4, -0.2) is 31.7 Å². The topological polar surface area (TPSA) is 79.7 Å². The van der Waals surface area contributed by atoms with Crippen LogP contribution in [0.3, 0.4) is 0 Å². The second-order valence-corrected chi connectivity index (χ2v) is 9.69. The molecule has 2 aromatic heterocycles. The van der Waals surface area contributed by atoms with Crippen molar-refractivity contribution in [2.75, 3.05) is 11.4 Å². The lowest BCUT2D eigenvalue weighted by atomic mass is 9.99. The summed E-state index contributed by atoms with van der Waals surface area (Å²) in [5.74, 6) is 0.670. The molecule has 5 rings (SSSR count). The third-order valence-corrected chi connectivity index (χ3v) is 6.23. The molecule has 0 fully saturated rings. The lowest BCUT2D eigenvalue weighted by molar-refractivity contribution is 0.329. The Labute approximate surface area is 187 Å². The SMILES string of the molecule is Cc1cc(C)c2[nH]c(=O)c([C@H](c3nnnn3C(C)(C)C)N3CCc4ccccc43)cc2c1. The van der Waals surface area contributed by atoms with Crippen LogP contribution in [0.25, 0.3) is 10.9 Å². The van der Waals surface area contributed by atoms with Crippen molar-refractivity contribution < 1.29 is 0 Å². The van der Waals surface area contributed by atoms with Gasteiger partial charge in [-0.15, -0.1) is 5.10 Å². The Morgan fingerprint density at radius 1 is 1.09 bits per heavy atom. The van der Waals surface area contributed by atoms with Crippen LogP contribution in [0.4, 0.5) is 5.69 Å². The highest BCUT2D eigenvalue weighted by Crippen LogP contribution is 2.38. The van der Waals surface area contributed by atoms with Crippen LogP contribution in [-0.2, 0) is 12.0 Å². The minimum atomic E-state index is -0.401. The van der Waals surface area contributed by atoms with Gasteiger partial charge >= 0.3 is 0 Å². The number of hydrogen-bond acceptors (Lipinski definition) is 5. The highest BCUT2D eigenvalue weighted by Gasteiger charge is 2.36. The number of hydrogen-bond donors (Lipinski definition) is 1. The molecule has 3 heterocycles. The van der Waals surface area contributed by atoms with E-state index >= 15 is 0 Å². The maximum Gasteiger partial charge on any atom is 0.254 e. The minimum Gasteiger partial charge on any atom is -0.357 e. The Kier molecular flexibility index (Phi) is 4.65. The molecule has 0 spiro atoms. The Balaban J connectivity index is 1.78. The van der Waals surface area contributed by atoms with Gasteiger partial charge in [0.1, 0.15) is 6.04 Å². The van der Waals surface area contributed by atoms with Gasteiger partial charge in [-0.2, -0.15) is 0 Å². The second-order valence-electron chi connectivity index (χ2n) is 9.69. The van der Waals surface area contributed by atoms with Crippen molar-refractivity contribution in [2.24, 2.45) is 0 Å². The first-order chi connectivity index (χ1) is 15.2. The van der Waals surface area contributed by atoms with Gasteiger partial charge in [-0.1, -0.05) is 29.8 Å². The lowest BCUT2D eigenvalue weighted by Gasteiger charge is -2.31. The first-order valence-corrected chi connectivity index (χ1v) is 11.0. The standard InChI is InChI=1S/C25H28N6O/c1-15-12-16(2)21-18(13-15)14-19(24(32)26-21)22(23-27-28-29-31(23)25(3,4)5)30-11-10-17-8-6-7-9-20(17)30/h6-9,12-14,22H,10-11H2,1-5H3,(H,26,32)/t22-/m1/s1. The summed E-state index contributed by atoms with van der Waals surface area (Å²) in [5, 5.41) is 13.8. The number of aryl methyl sites for hydroxylation is 2. The fourth-order valence-corrected chi connectivity index (χ4v) is 4.83. The molecule has 0 saturated heterocycles. The van der Waals surface area contributed by atoms with Crippen molar-refractivity contribution >= 4 is 16.6 Å². The summed E-state index contributed by atoms with van der Waals surface area (Å²) < 4.78 is 1.84. The number of anilines is 1. The van der Waals surface area contributed by atoms with E-state index in [1.165, 1.54) is 5.56 Å². The molecular weight excluding hydrogens is 400 g/mol. The van der Waals surface area contributed by atoms with Crippen molar-refractivity contribution in [1.29, 1.82) is 0 Å². The number of aromatic nitrogens is 5. The predicted molar refractivity (Wildman–Crippen MR) is 126 cm³/mol. The summed E-state index contributed by atoms with van der Waals surface area (Å²) in [6.45, 7) is 11.1. The van der Waals surface area contributed by atoms with Crippen LogP contribution < -0.4 is 10.5 Å². The van der Waals surface area contributed by atoms with Crippen molar-refractivity contribution in [1.82, 2.24) is 25.2 Å². The van der Waals surface area contributed by atoms with Gasteiger partial charge in [0.2, 0.25) is 0 Å². The zero-order valence-electron chi connectivity index (χ0n) is 19.2. The highest BCUT2D eigenvalue weighted by molar-refractivity contribution is 5.83. The van der Waals surface area contributed by atoms with Gasteiger partial charge in [-0.3, -0.25) is 4.79 Å². The molecule has 1 N–H and O–H groups in total. The number of benzene rings is 2. The third-order valence-electron chi connectivity index (χ3n) is 6.23. The highest BCUT2D eigenvalue weighted by atomic mass is 16.1. The molecule has 0 aliphatic carbocycles. The second kappa shape index (κ2) is 7.29. The molecule has 0 unspecified atom stereocenters. The van der Waals surface area contributed by atoms with E-state index in [1.807, 2.05) is 23.7 Å². The third kappa shape index (κ3) is 3.28. The molecule has 0 saturated carbocycles. The first-order valence-electron chi connectivity index (χ1n) is 11.0. The molecule has 164 valence electrons. The number of rotatable bonds is 3. The molecule has 1 aliphatic rings. The van der Waals surface area contributed by atoms with Crippen molar-refractivity contribution in [3.63, 3.8) is 0 Å². The van der Waals surface area contributed by atoms with E-state index in [0.29, 0.717) is 11.4 Å². The number of pyridine rings is 1. The van der Waals surface area contributed by atoms with Crippen molar-refractivity contribution in [3.8, 4) is 0 Å². The van der Waals surface area contributed by atoms with E-state index in [1.54, 1.807) is 0 Å². The minimum absolute atomic E-state index is 0.109. The van der Waals surface area contributed by atoms with Gasteiger partial charge in [0.15, 0.2) is 5.82 Å². The number of aromatic amines is 1. The molecule has 4 aromatic rings. The fraction of sp³-hybridized carbons (Fsp3) is 0.360. The van der Waals surface area contributed by atoms with Gasteiger partial charge in [-0.25, -0.2) is 4.68 Å². The van der Waals surface area contributed by atoms with Gasteiger partial charge in [-0.05, 0) is 86.2 Å². The predicted octanol–water partition coefficient (Wildman–Crippen LogP) is 4.04. The Hall–Kier alpha value is -3.48. The van der Waals surface area contributed by atoms with Crippen LogP contribution in [0.2, 0.25) is 0 Å². The zero-order chi connectivity index (χ0) is 22.6. The molecule has 7 heteroatoms. The average molecular weight is 429 g/mol. The maximum atomic E-state index is 13.5. The first kappa shape index (κ1) is 20.4. The summed E-state index contributed by atoms with van der Waals surface area (Å²) >= 11 is 0. The lowest BCUT2D eigenvalue weighted by Crippen LogP contribution is -2.37. The number of nitrogens with zero attached hydrogens (tertiary/aromatic N) is 5. The number of fused-ring (bicyclic) bond motifs is 2. The average Bonchev–Trinajstić information content (AvgIpc) is 3.37. The maximum absolute atomic E-state index is 13.5. The fourth-order valence-electron chi connectivity index (χ4n) is 4.83. The summed E-state index contributed by atoms with van der Waals surface area (Å²) in [7, 11) is 0. The molecule has 0 bridgehead atoms. The number of para-hydroxylation sites is 1. The summed E-state index contributed by atoms with van der Waals surface area (Å²) in [4.78, 5) is 18.9. The Morgan fingerprint density at radius 2 is 1.88 bits per heavy atom. The molecule has 0 radical (unpaired) electrons. The number of nitrogens with one attached hydrogen (secondary N) is 1. The van der Waals surface area contributed by atoms with Gasteiger partial charge in [0.05, 0.1) is 11.1 Å². The number of H-pyrrole nitrogens is 1. The molecule has 0 amide bonds. The van der Waals surface area contributed by atoms with Crippen LogP contribution >= 0.6 is 0 Å². The quantitative estimate of drug-likeness (QED) is 0.533. The summed E-state index contributed by atoms with van der Waals surface area (Å²) in [5.41, 5.74) is 5.72. The van der Waals surface area contributed by atoms with E-state index in [9.17, 15) is 4.79 Å². The van der Waals surface area contributed by atoms with E-state index in [2.05, 4.69) is 83.4 Å². The Morgan fingerprint density at radius 3 is 2.66 bits per heavy atom. The van der Waals surface area contributed by atoms with Gasteiger partial charge in [0, 0.05) is 17.8 Å². The smallest absolute Gasteiger partial charge is 0.254 e.